The van der Waals surface area contributed by atoms with Gasteiger partial charge in [0.15, 0.2) is 5.58 Å². The zero-order valence-corrected chi connectivity index (χ0v) is 9.92. The van der Waals surface area contributed by atoms with Crippen molar-refractivity contribution in [2.24, 2.45) is 0 Å². The fraction of sp³-hybridized carbons (Fsp3) is 0. The third-order valence-corrected chi connectivity index (χ3v) is 2.62. The number of oxazole rings is 1. The molecule has 3 aromatic rings. The van der Waals surface area contributed by atoms with E-state index >= 15 is 0 Å². The van der Waals surface area contributed by atoms with Gasteiger partial charge in [-0.15, -0.1) is 0 Å². The minimum Gasteiger partial charge on any atom is -0.430 e. The topological polar surface area (TPSA) is 49.8 Å². The lowest BCUT2D eigenvalue weighted by Gasteiger charge is -1.88. The number of aromatic nitrogens is 1. The molecule has 19 heavy (non-hydrogen) atoms. The van der Waals surface area contributed by atoms with E-state index in [1.165, 1.54) is 0 Å². The number of nitriles is 1. The molecule has 0 aliphatic rings. The van der Waals surface area contributed by atoms with E-state index in [9.17, 15) is 0 Å². The first kappa shape index (κ1) is 11.1. The molecule has 0 spiro atoms. The first-order valence-corrected chi connectivity index (χ1v) is 5.73. The summed E-state index contributed by atoms with van der Waals surface area (Å²) in [7, 11) is 0. The molecule has 0 fully saturated rings. The summed E-state index contributed by atoms with van der Waals surface area (Å²) in [5.74, 6) is 6.23. The summed E-state index contributed by atoms with van der Waals surface area (Å²) < 4.78 is 5.50. The largest absolute Gasteiger partial charge is 0.430 e. The number of hydrogen-bond donors (Lipinski definition) is 0. The van der Waals surface area contributed by atoms with Crippen molar-refractivity contribution >= 4 is 11.1 Å². The first-order valence-electron chi connectivity index (χ1n) is 5.73. The maximum atomic E-state index is 8.71. The molecule has 0 aliphatic carbocycles. The van der Waals surface area contributed by atoms with E-state index in [1.807, 2.05) is 24.3 Å². The molecular formula is C16H8N2O. The fourth-order valence-corrected chi connectivity index (χ4v) is 1.68. The van der Waals surface area contributed by atoms with Crippen molar-refractivity contribution in [3.8, 4) is 17.9 Å². The van der Waals surface area contributed by atoms with Crippen LogP contribution in [0.4, 0.5) is 0 Å². The summed E-state index contributed by atoms with van der Waals surface area (Å²) in [6.45, 7) is 0. The van der Waals surface area contributed by atoms with Gasteiger partial charge in [-0.25, -0.2) is 4.98 Å². The van der Waals surface area contributed by atoms with Gasteiger partial charge in [-0.1, -0.05) is 18.1 Å². The highest BCUT2D eigenvalue weighted by Gasteiger charge is 2.00. The zero-order valence-electron chi connectivity index (χ0n) is 9.92. The van der Waals surface area contributed by atoms with Crippen LogP contribution in [0.1, 0.15) is 17.0 Å². The van der Waals surface area contributed by atoms with Gasteiger partial charge >= 0.3 is 0 Å². The van der Waals surface area contributed by atoms with Gasteiger partial charge in [0.05, 0.1) is 11.6 Å². The summed E-state index contributed by atoms with van der Waals surface area (Å²) in [6.07, 6.45) is 0. The van der Waals surface area contributed by atoms with Crippen LogP contribution in [0.3, 0.4) is 0 Å². The van der Waals surface area contributed by atoms with Crippen molar-refractivity contribution in [3.63, 3.8) is 0 Å². The molecule has 3 rings (SSSR count). The highest BCUT2D eigenvalue weighted by atomic mass is 16.3. The molecule has 1 heterocycles. The molecule has 3 heteroatoms. The van der Waals surface area contributed by atoms with E-state index in [0.717, 1.165) is 16.7 Å². The van der Waals surface area contributed by atoms with Gasteiger partial charge in [0.25, 0.3) is 5.89 Å². The summed E-state index contributed by atoms with van der Waals surface area (Å²) in [6, 6.07) is 16.7. The lowest BCUT2D eigenvalue weighted by atomic mass is 10.1. The molecule has 88 valence electrons. The van der Waals surface area contributed by atoms with Gasteiger partial charge < -0.3 is 4.42 Å². The molecule has 0 saturated heterocycles. The molecule has 0 unspecified atom stereocenters. The average molecular weight is 244 g/mol. The van der Waals surface area contributed by atoms with Crippen molar-refractivity contribution < 1.29 is 4.42 Å². The van der Waals surface area contributed by atoms with Crippen molar-refractivity contribution in [2.75, 3.05) is 0 Å². The van der Waals surface area contributed by atoms with Crippen LogP contribution in [0.2, 0.25) is 0 Å². The number of para-hydroxylation sites is 2. The Morgan fingerprint density at radius 2 is 1.63 bits per heavy atom. The van der Waals surface area contributed by atoms with Gasteiger partial charge in [0.1, 0.15) is 5.52 Å². The van der Waals surface area contributed by atoms with Crippen LogP contribution in [0.5, 0.6) is 0 Å². The quantitative estimate of drug-likeness (QED) is 0.571. The lowest BCUT2D eigenvalue weighted by molar-refractivity contribution is 0.586. The zero-order chi connectivity index (χ0) is 13.1. The number of rotatable bonds is 0. The van der Waals surface area contributed by atoms with E-state index in [1.54, 1.807) is 24.3 Å². The molecule has 1 aromatic heterocycles. The standard InChI is InChI=1S/C16H8N2O/c17-11-13-7-5-12(6-8-13)9-10-16-18-14-3-1-2-4-15(14)19-16/h1-8H. The lowest BCUT2D eigenvalue weighted by Crippen LogP contribution is -1.77. The number of fused-ring (bicyclic) bond motifs is 1. The average Bonchev–Trinajstić information content (AvgIpc) is 2.88. The maximum absolute atomic E-state index is 8.71. The van der Waals surface area contributed by atoms with Crippen LogP contribution in [0, 0.1) is 23.2 Å². The van der Waals surface area contributed by atoms with Gasteiger partial charge in [0, 0.05) is 5.56 Å². The first-order chi connectivity index (χ1) is 9.35. The molecule has 3 nitrogen and oxygen atoms in total. The normalized spacial score (nSPS) is 9.63. The summed E-state index contributed by atoms with van der Waals surface area (Å²) in [5, 5.41) is 8.71. The molecule has 2 aromatic carbocycles. The molecule has 0 aliphatic heterocycles. The van der Waals surface area contributed by atoms with Crippen molar-refractivity contribution in [1.82, 2.24) is 4.98 Å². The monoisotopic (exact) mass is 244 g/mol. The van der Waals surface area contributed by atoms with Crippen molar-refractivity contribution in [3.05, 3.63) is 65.5 Å². The minimum atomic E-state index is 0.394. The highest BCUT2D eigenvalue weighted by Crippen LogP contribution is 2.13. The Hall–Kier alpha value is -3.04. The Balaban J connectivity index is 1.92. The third kappa shape index (κ3) is 2.31. The predicted molar refractivity (Wildman–Crippen MR) is 71.1 cm³/mol. The molecule has 0 N–H and O–H groups in total. The van der Waals surface area contributed by atoms with Gasteiger partial charge in [0.2, 0.25) is 0 Å². The van der Waals surface area contributed by atoms with Crippen LogP contribution in [-0.2, 0) is 0 Å². The summed E-state index contributed by atoms with van der Waals surface area (Å²) >= 11 is 0. The smallest absolute Gasteiger partial charge is 0.274 e. The Bertz CT molecular complexity index is 794. The molecule has 0 atom stereocenters. The van der Waals surface area contributed by atoms with Crippen LogP contribution >= 0.6 is 0 Å². The molecule has 0 saturated carbocycles. The number of nitrogens with zero attached hydrogens (tertiary/aromatic N) is 2. The van der Waals surface area contributed by atoms with E-state index < -0.39 is 0 Å². The second-order valence-corrected chi connectivity index (χ2v) is 3.93. The fourth-order valence-electron chi connectivity index (χ4n) is 1.68. The van der Waals surface area contributed by atoms with E-state index in [4.69, 9.17) is 9.68 Å². The number of benzene rings is 2. The van der Waals surface area contributed by atoms with Gasteiger partial charge in [-0.05, 0) is 42.3 Å². The summed E-state index contributed by atoms with van der Waals surface area (Å²) in [5.41, 5.74) is 2.96. The molecule has 0 radical (unpaired) electrons. The van der Waals surface area contributed by atoms with Crippen LogP contribution in [0.15, 0.2) is 52.9 Å². The van der Waals surface area contributed by atoms with E-state index in [2.05, 4.69) is 22.9 Å². The second kappa shape index (κ2) is 4.68. The van der Waals surface area contributed by atoms with Crippen molar-refractivity contribution in [1.29, 1.82) is 5.26 Å². The van der Waals surface area contributed by atoms with E-state index in [0.29, 0.717) is 11.5 Å². The molecular weight excluding hydrogens is 236 g/mol. The van der Waals surface area contributed by atoms with Crippen molar-refractivity contribution in [2.45, 2.75) is 0 Å². The Labute approximate surface area is 110 Å². The summed E-state index contributed by atoms with van der Waals surface area (Å²) in [4.78, 5) is 4.27. The van der Waals surface area contributed by atoms with Crippen LogP contribution in [-0.4, -0.2) is 4.98 Å². The second-order valence-electron chi connectivity index (χ2n) is 3.93. The minimum absolute atomic E-state index is 0.394. The highest BCUT2D eigenvalue weighted by molar-refractivity contribution is 5.72. The molecule has 0 bridgehead atoms. The van der Waals surface area contributed by atoms with Crippen LogP contribution in [0.25, 0.3) is 11.1 Å². The van der Waals surface area contributed by atoms with Gasteiger partial charge in [-0.2, -0.15) is 5.26 Å². The van der Waals surface area contributed by atoms with E-state index in [-0.39, 0.29) is 0 Å². The molecule has 0 amide bonds. The Kier molecular flexibility index (Phi) is 2.73. The third-order valence-electron chi connectivity index (χ3n) is 2.62. The predicted octanol–water partition coefficient (Wildman–Crippen LogP) is 3.10. The Morgan fingerprint density at radius 1 is 0.895 bits per heavy atom. The Morgan fingerprint density at radius 3 is 2.37 bits per heavy atom. The maximum Gasteiger partial charge on any atom is 0.274 e. The number of hydrogen-bond acceptors (Lipinski definition) is 3. The van der Waals surface area contributed by atoms with Crippen LogP contribution < -0.4 is 0 Å². The SMILES string of the molecule is N#Cc1ccc(C#Cc2nc3ccccc3o2)cc1. The van der Waals surface area contributed by atoms with Gasteiger partial charge in [-0.3, -0.25) is 0 Å².